The third kappa shape index (κ3) is 5.59. The number of hydrogen-bond donors (Lipinski definition) is 2. The number of likely N-dealkylation sites (N-methyl/N-ethyl adjacent to an activating group) is 1. The van der Waals surface area contributed by atoms with E-state index in [1.165, 1.54) is 7.05 Å². The monoisotopic (exact) mass is 297 g/mol. The van der Waals surface area contributed by atoms with Gasteiger partial charge in [0.2, 0.25) is 5.91 Å². The zero-order valence-electron chi connectivity index (χ0n) is 11.9. The number of halogens is 1. The molecular formula is C14H20ClN3O2. The van der Waals surface area contributed by atoms with Crippen LogP contribution in [0.15, 0.2) is 24.3 Å². The quantitative estimate of drug-likeness (QED) is 0.869. The fraction of sp³-hybridized carbons (Fsp3) is 0.429. The number of imide groups is 1. The first-order chi connectivity index (χ1) is 9.42. The summed E-state index contributed by atoms with van der Waals surface area (Å²) in [6.07, 6.45) is 0.806. The van der Waals surface area contributed by atoms with Crippen LogP contribution in [0.2, 0.25) is 5.02 Å². The van der Waals surface area contributed by atoms with E-state index in [-0.39, 0.29) is 18.5 Å². The molecule has 6 heteroatoms. The van der Waals surface area contributed by atoms with Crippen molar-refractivity contribution in [3.05, 3.63) is 34.9 Å². The van der Waals surface area contributed by atoms with Gasteiger partial charge >= 0.3 is 6.03 Å². The molecule has 0 saturated carbocycles. The predicted molar refractivity (Wildman–Crippen MR) is 79.8 cm³/mol. The zero-order valence-corrected chi connectivity index (χ0v) is 12.7. The van der Waals surface area contributed by atoms with Crippen LogP contribution in [-0.4, -0.2) is 43.5 Å². The molecule has 0 heterocycles. The van der Waals surface area contributed by atoms with Crippen molar-refractivity contribution in [3.8, 4) is 0 Å². The second-order valence-electron chi connectivity index (χ2n) is 4.72. The van der Waals surface area contributed by atoms with E-state index in [0.29, 0.717) is 5.02 Å². The van der Waals surface area contributed by atoms with Gasteiger partial charge in [0.05, 0.1) is 6.54 Å². The van der Waals surface area contributed by atoms with Gasteiger partial charge in [0.1, 0.15) is 0 Å². The smallest absolute Gasteiger partial charge is 0.321 e. The minimum Gasteiger partial charge on any atom is -0.341 e. The number of urea groups is 1. The van der Waals surface area contributed by atoms with Gasteiger partial charge in [-0.2, -0.15) is 0 Å². The van der Waals surface area contributed by atoms with Crippen LogP contribution in [0.1, 0.15) is 12.5 Å². The maximum Gasteiger partial charge on any atom is 0.321 e. The molecular weight excluding hydrogens is 278 g/mol. The van der Waals surface area contributed by atoms with Crippen LogP contribution in [0.5, 0.6) is 0 Å². The number of carbonyl (C=O) groups excluding carboxylic acids is 2. The van der Waals surface area contributed by atoms with Gasteiger partial charge in [-0.15, -0.1) is 0 Å². The number of carbonyl (C=O) groups is 2. The van der Waals surface area contributed by atoms with Crippen LogP contribution in [0.3, 0.4) is 0 Å². The summed E-state index contributed by atoms with van der Waals surface area (Å²) in [7, 11) is 3.32. The lowest BCUT2D eigenvalue weighted by atomic mass is 10.1. The van der Waals surface area contributed by atoms with E-state index in [4.69, 9.17) is 11.6 Å². The molecule has 3 amide bonds. The second kappa shape index (κ2) is 7.87. The summed E-state index contributed by atoms with van der Waals surface area (Å²) in [4.78, 5) is 24.5. The molecule has 20 heavy (non-hydrogen) atoms. The fourth-order valence-corrected chi connectivity index (χ4v) is 1.85. The van der Waals surface area contributed by atoms with E-state index in [9.17, 15) is 9.59 Å². The number of nitrogens with zero attached hydrogens (tertiary/aromatic N) is 1. The zero-order chi connectivity index (χ0) is 15.1. The van der Waals surface area contributed by atoms with Crippen molar-refractivity contribution < 1.29 is 9.59 Å². The summed E-state index contributed by atoms with van der Waals surface area (Å²) < 4.78 is 0. The SMILES string of the molecule is CNC(=O)NC(=O)CN(C)C(C)Cc1ccc(Cl)cc1. The Bertz CT molecular complexity index is 462. The Labute approximate surface area is 124 Å². The summed E-state index contributed by atoms with van der Waals surface area (Å²) in [5, 5.41) is 5.29. The number of hydrogen-bond acceptors (Lipinski definition) is 3. The van der Waals surface area contributed by atoms with Crippen LogP contribution in [0.4, 0.5) is 4.79 Å². The Hall–Kier alpha value is -1.59. The highest BCUT2D eigenvalue weighted by Crippen LogP contribution is 2.12. The second-order valence-corrected chi connectivity index (χ2v) is 5.16. The maximum atomic E-state index is 11.6. The van der Waals surface area contributed by atoms with Gasteiger partial charge in [-0.1, -0.05) is 23.7 Å². The average molecular weight is 298 g/mol. The molecule has 1 aromatic carbocycles. The van der Waals surface area contributed by atoms with Crippen molar-refractivity contribution >= 4 is 23.5 Å². The van der Waals surface area contributed by atoms with Gasteiger partial charge in [0, 0.05) is 18.1 Å². The molecule has 1 unspecified atom stereocenters. The number of benzene rings is 1. The van der Waals surface area contributed by atoms with Gasteiger partial charge in [0.15, 0.2) is 0 Å². The highest BCUT2D eigenvalue weighted by atomic mass is 35.5. The molecule has 0 aliphatic rings. The largest absolute Gasteiger partial charge is 0.341 e. The molecule has 1 aromatic rings. The van der Waals surface area contributed by atoms with Crippen LogP contribution < -0.4 is 10.6 Å². The molecule has 0 bridgehead atoms. The standard InChI is InChI=1S/C14H20ClN3O2/c1-10(8-11-4-6-12(15)7-5-11)18(3)9-13(19)17-14(20)16-2/h4-7,10H,8-9H2,1-3H3,(H2,16,17,19,20). The lowest BCUT2D eigenvalue weighted by Crippen LogP contribution is -2.44. The highest BCUT2D eigenvalue weighted by Gasteiger charge is 2.14. The lowest BCUT2D eigenvalue weighted by Gasteiger charge is -2.24. The summed E-state index contributed by atoms with van der Waals surface area (Å²) in [5.41, 5.74) is 1.15. The first-order valence-electron chi connectivity index (χ1n) is 6.38. The highest BCUT2D eigenvalue weighted by molar-refractivity contribution is 6.30. The Kier molecular flexibility index (Phi) is 6.48. The molecule has 1 atom stereocenters. The van der Waals surface area contributed by atoms with Crippen molar-refractivity contribution in [1.29, 1.82) is 0 Å². The summed E-state index contributed by atoms with van der Waals surface area (Å²) >= 11 is 5.84. The van der Waals surface area contributed by atoms with Crippen molar-refractivity contribution in [2.24, 2.45) is 0 Å². The van der Waals surface area contributed by atoms with Gasteiger partial charge in [-0.3, -0.25) is 15.0 Å². The van der Waals surface area contributed by atoms with Crippen molar-refractivity contribution in [2.75, 3.05) is 20.6 Å². The Morgan fingerprint density at radius 1 is 1.30 bits per heavy atom. The molecule has 0 saturated heterocycles. The van der Waals surface area contributed by atoms with Gasteiger partial charge < -0.3 is 5.32 Å². The van der Waals surface area contributed by atoms with Gasteiger partial charge in [0.25, 0.3) is 0 Å². The average Bonchev–Trinajstić information content (AvgIpc) is 2.40. The van der Waals surface area contributed by atoms with E-state index < -0.39 is 6.03 Å². The third-order valence-corrected chi connectivity index (χ3v) is 3.32. The molecule has 0 aliphatic carbocycles. The third-order valence-electron chi connectivity index (χ3n) is 3.07. The van der Waals surface area contributed by atoms with Crippen LogP contribution >= 0.6 is 11.6 Å². The first-order valence-corrected chi connectivity index (χ1v) is 6.76. The van der Waals surface area contributed by atoms with Crippen molar-refractivity contribution in [3.63, 3.8) is 0 Å². The predicted octanol–water partition coefficient (Wildman–Crippen LogP) is 1.66. The molecule has 110 valence electrons. The van der Waals surface area contributed by atoms with E-state index in [2.05, 4.69) is 10.6 Å². The summed E-state index contributed by atoms with van der Waals surface area (Å²) in [6, 6.07) is 7.32. The summed E-state index contributed by atoms with van der Waals surface area (Å²) in [5.74, 6) is -0.324. The molecule has 0 aromatic heterocycles. The Balaban J connectivity index is 2.46. The van der Waals surface area contributed by atoms with E-state index >= 15 is 0 Å². The molecule has 0 fully saturated rings. The molecule has 1 rings (SSSR count). The Morgan fingerprint density at radius 2 is 1.90 bits per heavy atom. The lowest BCUT2D eigenvalue weighted by molar-refractivity contribution is -0.121. The summed E-state index contributed by atoms with van der Waals surface area (Å²) in [6.45, 7) is 2.20. The number of amides is 3. The molecule has 5 nitrogen and oxygen atoms in total. The molecule has 0 spiro atoms. The number of rotatable bonds is 5. The van der Waals surface area contributed by atoms with E-state index in [0.717, 1.165) is 12.0 Å². The number of nitrogens with one attached hydrogen (secondary N) is 2. The fourth-order valence-electron chi connectivity index (χ4n) is 1.73. The molecule has 0 radical (unpaired) electrons. The van der Waals surface area contributed by atoms with Gasteiger partial charge in [-0.25, -0.2) is 4.79 Å². The van der Waals surface area contributed by atoms with Crippen molar-refractivity contribution in [1.82, 2.24) is 15.5 Å². The van der Waals surface area contributed by atoms with E-state index in [1.807, 2.05) is 43.1 Å². The van der Waals surface area contributed by atoms with Gasteiger partial charge in [-0.05, 0) is 38.1 Å². The van der Waals surface area contributed by atoms with E-state index in [1.54, 1.807) is 0 Å². The Morgan fingerprint density at radius 3 is 2.45 bits per heavy atom. The van der Waals surface area contributed by atoms with Crippen molar-refractivity contribution in [2.45, 2.75) is 19.4 Å². The minimum atomic E-state index is -0.492. The minimum absolute atomic E-state index is 0.169. The van der Waals surface area contributed by atoms with Crippen LogP contribution in [-0.2, 0) is 11.2 Å². The van der Waals surface area contributed by atoms with Crippen LogP contribution in [0.25, 0.3) is 0 Å². The normalized spacial score (nSPS) is 12.1. The first kappa shape index (κ1) is 16.5. The molecule has 2 N–H and O–H groups in total. The maximum absolute atomic E-state index is 11.6. The topological polar surface area (TPSA) is 61.4 Å². The van der Waals surface area contributed by atoms with Crippen LogP contribution in [0, 0.1) is 0 Å². The molecule has 0 aliphatic heterocycles.